The van der Waals surface area contributed by atoms with Crippen LogP contribution in [-0.4, -0.2) is 32.5 Å². The summed E-state index contributed by atoms with van der Waals surface area (Å²) in [6.07, 6.45) is -4.70. The van der Waals surface area contributed by atoms with Crippen LogP contribution in [0.3, 0.4) is 0 Å². The normalized spacial score (nSPS) is 13.0. The number of anilines is 1. The minimum Gasteiger partial charge on any atom is -0.399 e. The number of sulfonamides is 1. The van der Waals surface area contributed by atoms with Crippen molar-refractivity contribution < 1.29 is 26.0 Å². The van der Waals surface area contributed by atoms with Gasteiger partial charge in [-0.05, 0) is 18.2 Å². The molecule has 9 heteroatoms. The van der Waals surface area contributed by atoms with Crippen molar-refractivity contribution in [2.24, 2.45) is 0 Å². The number of alkyl halides is 3. The van der Waals surface area contributed by atoms with Crippen molar-refractivity contribution in [2.75, 3.05) is 19.3 Å². The van der Waals surface area contributed by atoms with Crippen LogP contribution in [0, 0.1) is 5.82 Å². The molecule has 0 heterocycles. The van der Waals surface area contributed by atoms with Crippen molar-refractivity contribution in [3.8, 4) is 0 Å². The lowest BCUT2D eigenvalue weighted by atomic mass is 10.3. The van der Waals surface area contributed by atoms with Gasteiger partial charge in [0.05, 0.1) is 0 Å². The van der Waals surface area contributed by atoms with Gasteiger partial charge in [0.1, 0.15) is 17.3 Å². The molecule has 0 atom stereocenters. The van der Waals surface area contributed by atoms with E-state index < -0.39 is 33.5 Å². The minimum absolute atomic E-state index is 0.0232. The van der Waals surface area contributed by atoms with Gasteiger partial charge >= 0.3 is 6.18 Å². The van der Waals surface area contributed by atoms with E-state index >= 15 is 0 Å². The Kier molecular flexibility index (Phi) is 3.86. The highest BCUT2D eigenvalue weighted by atomic mass is 32.2. The van der Waals surface area contributed by atoms with Crippen molar-refractivity contribution in [2.45, 2.75) is 11.1 Å². The molecule has 102 valence electrons. The maximum Gasteiger partial charge on any atom is 0.402 e. The number of benzene rings is 1. The van der Waals surface area contributed by atoms with Crippen LogP contribution in [0.4, 0.5) is 23.2 Å². The van der Waals surface area contributed by atoms with Gasteiger partial charge in [-0.2, -0.15) is 17.5 Å². The number of nitrogens with two attached hydrogens (primary N) is 1. The van der Waals surface area contributed by atoms with E-state index in [4.69, 9.17) is 5.73 Å². The van der Waals surface area contributed by atoms with Crippen molar-refractivity contribution >= 4 is 15.7 Å². The van der Waals surface area contributed by atoms with Gasteiger partial charge in [-0.3, -0.25) is 0 Å². The first-order valence-corrected chi connectivity index (χ1v) is 6.06. The Morgan fingerprint density at radius 2 is 1.89 bits per heavy atom. The van der Waals surface area contributed by atoms with Crippen LogP contribution in [0.2, 0.25) is 0 Å². The molecule has 0 bridgehead atoms. The largest absolute Gasteiger partial charge is 0.402 e. The molecule has 0 saturated heterocycles. The third kappa shape index (κ3) is 3.33. The Labute approximate surface area is 101 Å². The summed E-state index contributed by atoms with van der Waals surface area (Å²) in [7, 11) is -3.82. The van der Waals surface area contributed by atoms with Gasteiger partial charge in [0.25, 0.3) is 0 Å². The van der Waals surface area contributed by atoms with Crippen LogP contribution >= 0.6 is 0 Å². The van der Waals surface area contributed by atoms with E-state index in [9.17, 15) is 26.0 Å². The molecule has 1 aromatic rings. The van der Waals surface area contributed by atoms with Gasteiger partial charge in [0, 0.05) is 12.7 Å². The van der Waals surface area contributed by atoms with Crippen molar-refractivity contribution in [3.05, 3.63) is 24.0 Å². The number of nitrogen functional groups attached to an aromatic ring is 1. The fraction of sp³-hybridized carbons (Fsp3) is 0.333. The topological polar surface area (TPSA) is 63.4 Å². The van der Waals surface area contributed by atoms with Crippen molar-refractivity contribution in [1.82, 2.24) is 4.31 Å². The van der Waals surface area contributed by atoms with E-state index in [0.29, 0.717) is 0 Å². The van der Waals surface area contributed by atoms with Gasteiger partial charge in [-0.1, -0.05) is 0 Å². The fourth-order valence-corrected chi connectivity index (χ4v) is 2.43. The number of halogens is 4. The molecule has 0 fully saturated rings. The zero-order valence-corrected chi connectivity index (χ0v) is 10.0. The first-order valence-electron chi connectivity index (χ1n) is 4.62. The zero-order valence-electron chi connectivity index (χ0n) is 9.20. The summed E-state index contributed by atoms with van der Waals surface area (Å²) < 4.78 is 73.1. The van der Waals surface area contributed by atoms with E-state index in [1.54, 1.807) is 0 Å². The molecule has 0 aliphatic carbocycles. The first-order chi connectivity index (χ1) is 8.04. The van der Waals surface area contributed by atoms with Crippen LogP contribution in [0.5, 0.6) is 0 Å². The lowest BCUT2D eigenvalue weighted by molar-refractivity contribution is -0.134. The molecule has 0 unspecified atom stereocenters. The van der Waals surface area contributed by atoms with Crippen LogP contribution < -0.4 is 5.73 Å². The third-order valence-corrected chi connectivity index (χ3v) is 3.88. The van der Waals surface area contributed by atoms with Crippen LogP contribution in [0.25, 0.3) is 0 Å². The van der Waals surface area contributed by atoms with Gasteiger partial charge in [0.15, 0.2) is 0 Å². The van der Waals surface area contributed by atoms with E-state index in [2.05, 4.69) is 0 Å². The van der Waals surface area contributed by atoms with Crippen LogP contribution in [-0.2, 0) is 10.0 Å². The molecule has 0 aromatic heterocycles. The predicted molar refractivity (Wildman–Crippen MR) is 56.7 cm³/mol. The number of hydrogen-bond donors (Lipinski definition) is 1. The van der Waals surface area contributed by atoms with E-state index in [0.717, 1.165) is 25.2 Å². The molecule has 0 radical (unpaired) electrons. The quantitative estimate of drug-likeness (QED) is 0.678. The summed E-state index contributed by atoms with van der Waals surface area (Å²) in [5.41, 5.74) is 5.20. The van der Waals surface area contributed by atoms with Crippen LogP contribution in [0.15, 0.2) is 23.1 Å². The Morgan fingerprint density at radius 3 is 2.33 bits per heavy atom. The monoisotopic (exact) mass is 286 g/mol. The molecule has 4 nitrogen and oxygen atoms in total. The lowest BCUT2D eigenvalue weighted by Gasteiger charge is -2.19. The molecule has 1 aromatic carbocycles. The Morgan fingerprint density at radius 1 is 1.33 bits per heavy atom. The highest BCUT2D eigenvalue weighted by molar-refractivity contribution is 7.89. The summed E-state index contributed by atoms with van der Waals surface area (Å²) in [4.78, 5) is -0.844. The molecule has 0 aliphatic rings. The van der Waals surface area contributed by atoms with Gasteiger partial charge in [-0.15, -0.1) is 0 Å². The van der Waals surface area contributed by atoms with Gasteiger partial charge in [0.2, 0.25) is 10.0 Å². The maximum atomic E-state index is 13.4. The first kappa shape index (κ1) is 14.7. The van der Waals surface area contributed by atoms with E-state index in [1.807, 2.05) is 0 Å². The molecule has 0 amide bonds. The second-order valence-corrected chi connectivity index (χ2v) is 5.58. The third-order valence-electron chi connectivity index (χ3n) is 2.05. The Bertz CT molecular complexity index is 542. The summed E-state index contributed by atoms with van der Waals surface area (Å²) in [6.45, 7) is -1.70. The number of nitrogens with zero attached hydrogens (tertiary/aromatic N) is 1. The molecular formula is C9H10F4N2O2S. The molecule has 2 N–H and O–H groups in total. The molecule has 0 spiro atoms. The maximum absolute atomic E-state index is 13.4. The SMILES string of the molecule is CN(CC(F)(F)F)S(=O)(=O)c1ccc(N)cc1F. The molecule has 0 aliphatic heterocycles. The summed E-state index contributed by atoms with van der Waals surface area (Å²) in [6, 6.07) is 2.65. The second-order valence-electron chi connectivity index (χ2n) is 3.57. The van der Waals surface area contributed by atoms with Crippen molar-refractivity contribution in [3.63, 3.8) is 0 Å². The molecule has 18 heavy (non-hydrogen) atoms. The molecule has 0 saturated carbocycles. The number of rotatable bonds is 3. The Balaban J connectivity index is 3.14. The van der Waals surface area contributed by atoms with Gasteiger partial charge < -0.3 is 5.73 Å². The van der Waals surface area contributed by atoms with E-state index in [-0.39, 0.29) is 9.99 Å². The standard InChI is InChI=1S/C9H10F4N2O2S/c1-15(5-9(11,12)13)18(16,17)8-3-2-6(14)4-7(8)10/h2-4H,5,14H2,1H3. The minimum atomic E-state index is -4.70. The fourth-order valence-electron chi connectivity index (χ4n) is 1.23. The predicted octanol–water partition coefficient (Wildman–Crippen LogP) is 1.59. The van der Waals surface area contributed by atoms with Crippen LogP contribution in [0.1, 0.15) is 0 Å². The van der Waals surface area contributed by atoms with Gasteiger partial charge in [-0.25, -0.2) is 12.8 Å². The summed E-state index contributed by atoms with van der Waals surface area (Å²) in [5, 5.41) is 0. The zero-order chi connectivity index (χ0) is 14.1. The lowest BCUT2D eigenvalue weighted by Crippen LogP contribution is -2.36. The van der Waals surface area contributed by atoms with E-state index in [1.165, 1.54) is 0 Å². The summed E-state index contributed by atoms with van der Waals surface area (Å²) >= 11 is 0. The molecule has 1 rings (SSSR count). The smallest absolute Gasteiger partial charge is 0.399 e. The highest BCUT2D eigenvalue weighted by Gasteiger charge is 2.35. The summed E-state index contributed by atoms with van der Waals surface area (Å²) in [5.74, 6) is -1.19. The average molecular weight is 286 g/mol. The highest BCUT2D eigenvalue weighted by Crippen LogP contribution is 2.23. The second kappa shape index (κ2) is 4.73. The number of hydrogen-bond acceptors (Lipinski definition) is 3. The van der Waals surface area contributed by atoms with Crippen molar-refractivity contribution in [1.29, 1.82) is 0 Å². The molecular weight excluding hydrogens is 276 g/mol. The Hall–Kier alpha value is -1.35. The average Bonchev–Trinajstić information content (AvgIpc) is 2.13.